The maximum absolute atomic E-state index is 13.0. The molecule has 8 heteroatoms. The van der Waals surface area contributed by atoms with Gasteiger partial charge in [-0.3, -0.25) is 0 Å². The van der Waals surface area contributed by atoms with Gasteiger partial charge in [-0.1, -0.05) is 48.5 Å². The van der Waals surface area contributed by atoms with Crippen molar-refractivity contribution in [2.24, 2.45) is 0 Å². The number of hydrogen-bond donors (Lipinski definition) is 1. The molecule has 1 fully saturated rings. The van der Waals surface area contributed by atoms with Gasteiger partial charge in [0.05, 0.1) is 18.8 Å². The minimum Gasteiger partial charge on any atom is -0.491 e. The summed E-state index contributed by atoms with van der Waals surface area (Å²) in [5.74, 6) is 0.802. The molecule has 2 aromatic rings. The maximum atomic E-state index is 13.0. The predicted molar refractivity (Wildman–Crippen MR) is 116 cm³/mol. The zero-order valence-electron chi connectivity index (χ0n) is 17.2. The second kappa shape index (κ2) is 8.28. The lowest BCUT2D eigenvalue weighted by Gasteiger charge is -2.33. The molecule has 0 aromatic heterocycles. The Balaban J connectivity index is 1.77. The van der Waals surface area contributed by atoms with E-state index in [2.05, 4.69) is 4.72 Å². The van der Waals surface area contributed by atoms with Crippen LogP contribution >= 0.6 is 0 Å². The molecule has 0 aliphatic carbocycles. The fraction of sp³-hybridized carbons (Fsp3) is 0.409. The molecule has 2 unspecified atom stereocenters. The van der Waals surface area contributed by atoms with Crippen molar-refractivity contribution in [1.82, 2.24) is 14.5 Å². The molecule has 2 heterocycles. The van der Waals surface area contributed by atoms with Crippen LogP contribution in [0.5, 0.6) is 5.75 Å². The van der Waals surface area contributed by atoms with E-state index in [1.54, 1.807) is 16.8 Å². The molecule has 0 bridgehead atoms. The Morgan fingerprint density at radius 2 is 1.83 bits per heavy atom. The number of benzene rings is 2. The van der Waals surface area contributed by atoms with Crippen molar-refractivity contribution < 1.29 is 17.9 Å². The van der Waals surface area contributed by atoms with Gasteiger partial charge in [0.2, 0.25) is 10.0 Å². The highest BCUT2D eigenvalue weighted by atomic mass is 32.2. The molecule has 0 saturated carbocycles. The summed E-state index contributed by atoms with van der Waals surface area (Å²) in [4.78, 5) is 16.4. The quantitative estimate of drug-likeness (QED) is 0.812. The van der Waals surface area contributed by atoms with Crippen LogP contribution in [0.3, 0.4) is 0 Å². The van der Waals surface area contributed by atoms with Crippen LogP contribution in [0.4, 0.5) is 4.79 Å². The second-order valence-corrected chi connectivity index (χ2v) is 9.74. The van der Waals surface area contributed by atoms with Crippen molar-refractivity contribution in [3.8, 4) is 16.9 Å². The van der Waals surface area contributed by atoms with Crippen LogP contribution in [-0.2, 0) is 16.4 Å². The summed E-state index contributed by atoms with van der Waals surface area (Å²) in [6.45, 7) is 1.37. The van der Waals surface area contributed by atoms with Gasteiger partial charge in [0, 0.05) is 25.2 Å². The molecular weight excluding hydrogens is 402 g/mol. The molecule has 4 rings (SSSR count). The van der Waals surface area contributed by atoms with Crippen LogP contribution in [0.2, 0.25) is 0 Å². The number of carbonyl (C=O) groups excluding carboxylic acids is 1. The standard InChI is InChI=1S/C22H27N3O4S/c1-24-13-14-29-21-17(9-6-10-18(21)16-7-4-3-5-8-16)15-20-19(23-30(2,27)28)11-12-25(20)22(24)26/h3-10,19-20,23H,11-15H2,1-2H3. The molecule has 2 amide bonds. The Morgan fingerprint density at radius 1 is 1.07 bits per heavy atom. The Morgan fingerprint density at radius 3 is 2.57 bits per heavy atom. The van der Waals surface area contributed by atoms with E-state index in [1.807, 2.05) is 48.5 Å². The van der Waals surface area contributed by atoms with Crippen molar-refractivity contribution >= 4 is 16.1 Å². The van der Waals surface area contributed by atoms with Gasteiger partial charge in [0.15, 0.2) is 0 Å². The summed E-state index contributed by atoms with van der Waals surface area (Å²) >= 11 is 0. The molecule has 2 aliphatic heterocycles. The fourth-order valence-electron chi connectivity index (χ4n) is 4.34. The number of fused-ring (bicyclic) bond motifs is 2. The van der Waals surface area contributed by atoms with Gasteiger partial charge in [-0.2, -0.15) is 0 Å². The number of ether oxygens (including phenoxy) is 1. The summed E-state index contributed by atoms with van der Waals surface area (Å²) in [6, 6.07) is 15.4. The van der Waals surface area contributed by atoms with E-state index in [0.29, 0.717) is 32.5 Å². The number of sulfonamides is 1. The maximum Gasteiger partial charge on any atom is 0.320 e. The number of nitrogens with zero attached hydrogens (tertiary/aromatic N) is 2. The lowest BCUT2D eigenvalue weighted by molar-refractivity contribution is 0.143. The van der Waals surface area contributed by atoms with E-state index in [1.165, 1.54) is 0 Å². The zero-order valence-corrected chi connectivity index (χ0v) is 18.1. The van der Waals surface area contributed by atoms with Crippen LogP contribution in [-0.4, -0.2) is 69.3 Å². The molecule has 0 spiro atoms. The molecular formula is C22H27N3O4S. The SMILES string of the molecule is CN1CCOc2c(cccc2-c2ccccc2)CC2C(NS(C)(=O)=O)CCN2C1=O. The highest BCUT2D eigenvalue weighted by molar-refractivity contribution is 7.88. The number of amides is 2. The van der Waals surface area contributed by atoms with Crippen molar-refractivity contribution in [2.75, 3.05) is 33.0 Å². The Bertz CT molecular complexity index is 1030. The van der Waals surface area contributed by atoms with E-state index >= 15 is 0 Å². The topological polar surface area (TPSA) is 79.0 Å². The molecule has 7 nitrogen and oxygen atoms in total. The van der Waals surface area contributed by atoms with Gasteiger partial charge in [-0.15, -0.1) is 0 Å². The average molecular weight is 430 g/mol. The van der Waals surface area contributed by atoms with E-state index in [4.69, 9.17) is 4.74 Å². The van der Waals surface area contributed by atoms with Gasteiger partial charge < -0.3 is 14.5 Å². The lowest BCUT2D eigenvalue weighted by Crippen LogP contribution is -2.51. The minimum atomic E-state index is -3.39. The Kier molecular flexibility index (Phi) is 5.71. The number of likely N-dealkylation sites (N-methyl/N-ethyl adjacent to an activating group) is 1. The van der Waals surface area contributed by atoms with Gasteiger partial charge in [-0.25, -0.2) is 17.9 Å². The van der Waals surface area contributed by atoms with Gasteiger partial charge >= 0.3 is 6.03 Å². The van der Waals surface area contributed by atoms with E-state index in [9.17, 15) is 13.2 Å². The molecule has 160 valence electrons. The van der Waals surface area contributed by atoms with Gasteiger partial charge in [0.1, 0.15) is 12.4 Å². The van der Waals surface area contributed by atoms with Crippen LogP contribution in [0.25, 0.3) is 11.1 Å². The van der Waals surface area contributed by atoms with Crippen molar-refractivity contribution in [2.45, 2.75) is 24.9 Å². The summed E-state index contributed by atoms with van der Waals surface area (Å²) in [5.41, 5.74) is 3.04. The summed E-state index contributed by atoms with van der Waals surface area (Å²) in [5, 5.41) is 0. The van der Waals surface area contributed by atoms with Gasteiger partial charge in [-0.05, 0) is 24.0 Å². The number of urea groups is 1. The average Bonchev–Trinajstić information content (AvgIpc) is 3.09. The number of para-hydroxylation sites is 1. The smallest absolute Gasteiger partial charge is 0.320 e. The van der Waals surface area contributed by atoms with Crippen molar-refractivity contribution in [3.05, 3.63) is 54.1 Å². The van der Waals surface area contributed by atoms with Crippen LogP contribution in [0, 0.1) is 0 Å². The fourth-order valence-corrected chi connectivity index (χ4v) is 5.17. The zero-order chi connectivity index (χ0) is 21.3. The van der Waals surface area contributed by atoms with Crippen LogP contribution in [0.15, 0.2) is 48.5 Å². The third-order valence-electron chi connectivity index (χ3n) is 5.77. The largest absolute Gasteiger partial charge is 0.491 e. The Labute approximate surface area is 177 Å². The number of rotatable bonds is 3. The molecule has 1 saturated heterocycles. The second-order valence-electron chi connectivity index (χ2n) is 7.96. The molecule has 0 radical (unpaired) electrons. The first-order valence-corrected chi connectivity index (χ1v) is 12.0. The molecule has 2 atom stereocenters. The molecule has 30 heavy (non-hydrogen) atoms. The van der Waals surface area contributed by atoms with Crippen molar-refractivity contribution in [3.63, 3.8) is 0 Å². The third-order valence-corrected chi connectivity index (χ3v) is 6.50. The summed E-state index contributed by atoms with van der Waals surface area (Å²) in [7, 11) is -1.63. The predicted octanol–water partition coefficient (Wildman–Crippen LogP) is 2.33. The third kappa shape index (κ3) is 4.29. The highest BCUT2D eigenvalue weighted by Crippen LogP contribution is 2.36. The molecule has 2 aromatic carbocycles. The summed E-state index contributed by atoms with van der Waals surface area (Å²) < 4.78 is 32.8. The summed E-state index contributed by atoms with van der Waals surface area (Å²) in [6.07, 6.45) is 2.27. The first kappa shape index (κ1) is 20.7. The minimum absolute atomic E-state index is 0.0935. The van der Waals surface area contributed by atoms with Gasteiger partial charge in [0.25, 0.3) is 0 Å². The van der Waals surface area contributed by atoms with E-state index in [-0.39, 0.29) is 18.1 Å². The molecule has 1 N–H and O–H groups in total. The first-order chi connectivity index (χ1) is 14.3. The Hall–Kier alpha value is -2.58. The first-order valence-electron chi connectivity index (χ1n) is 10.1. The number of nitrogens with one attached hydrogen (secondary N) is 1. The van der Waals surface area contributed by atoms with Crippen molar-refractivity contribution in [1.29, 1.82) is 0 Å². The van der Waals surface area contributed by atoms with Crippen LogP contribution < -0.4 is 9.46 Å². The monoisotopic (exact) mass is 429 g/mol. The number of hydrogen-bond acceptors (Lipinski definition) is 4. The van der Waals surface area contributed by atoms with Crippen LogP contribution in [0.1, 0.15) is 12.0 Å². The normalized spacial score (nSPS) is 22.3. The van der Waals surface area contributed by atoms with E-state index in [0.717, 1.165) is 28.7 Å². The lowest BCUT2D eigenvalue weighted by atomic mass is 9.95. The molecule has 2 aliphatic rings. The van der Waals surface area contributed by atoms with E-state index < -0.39 is 10.0 Å². The highest BCUT2D eigenvalue weighted by Gasteiger charge is 2.40. The number of carbonyl (C=O) groups is 1.